The fraction of sp³-hybridized carbons (Fsp3) is 0.357. The molecule has 1 aliphatic carbocycles. The van der Waals surface area contributed by atoms with Crippen LogP contribution >= 0.6 is 11.6 Å². The van der Waals surface area contributed by atoms with E-state index in [0.717, 1.165) is 30.7 Å². The van der Waals surface area contributed by atoms with Crippen molar-refractivity contribution in [1.82, 2.24) is 9.55 Å². The number of hydrogen-bond donors (Lipinski definition) is 1. The molecule has 0 radical (unpaired) electrons. The third-order valence-electron chi connectivity index (χ3n) is 3.44. The summed E-state index contributed by atoms with van der Waals surface area (Å²) in [4.78, 5) is 4.08. The molecule has 0 saturated heterocycles. The predicted octanol–water partition coefficient (Wildman–Crippen LogP) is 4.50. The molecule has 3 rings (SSSR count). The second-order valence-corrected chi connectivity index (χ2v) is 5.48. The third kappa shape index (κ3) is 3.15. The van der Waals surface area contributed by atoms with Gasteiger partial charge >= 0.3 is 6.18 Å². The maximum absolute atomic E-state index is 12.7. The summed E-state index contributed by atoms with van der Waals surface area (Å²) < 4.78 is 40.2. The van der Waals surface area contributed by atoms with Crippen LogP contribution < -0.4 is 5.32 Å². The van der Waals surface area contributed by atoms with Crippen LogP contribution in [0.25, 0.3) is 0 Å². The average Bonchev–Trinajstić information content (AvgIpc) is 3.16. The molecular formula is C14H13ClF3N3. The highest BCUT2D eigenvalue weighted by molar-refractivity contribution is 6.33. The van der Waals surface area contributed by atoms with E-state index in [9.17, 15) is 13.2 Å². The van der Waals surface area contributed by atoms with Crippen LogP contribution in [0.5, 0.6) is 0 Å². The van der Waals surface area contributed by atoms with Gasteiger partial charge in [0.2, 0.25) is 0 Å². The molecule has 0 bridgehead atoms. The first-order valence-corrected chi connectivity index (χ1v) is 6.94. The molecule has 0 aliphatic heterocycles. The Hall–Kier alpha value is -1.69. The van der Waals surface area contributed by atoms with E-state index in [1.165, 1.54) is 6.07 Å². The Kier molecular flexibility index (Phi) is 3.57. The lowest BCUT2D eigenvalue weighted by molar-refractivity contribution is -0.137. The first-order chi connectivity index (χ1) is 9.95. The van der Waals surface area contributed by atoms with Crippen LogP contribution in [0.3, 0.4) is 0 Å². The van der Waals surface area contributed by atoms with Gasteiger partial charge in [-0.2, -0.15) is 13.2 Å². The van der Waals surface area contributed by atoms with Crippen molar-refractivity contribution in [2.45, 2.75) is 31.6 Å². The van der Waals surface area contributed by atoms with Gasteiger partial charge in [-0.15, -0.1) is 0 Å². The van der Waals surface area contributed by atoms with Crippen molar-refractivity contribution in [1.29, 1.82) is 0 Å². The van der Waals surface area contributed by atoms with Gasteiger partial charge in [0, 0.05) is 12.2 Å². The van der Waals surface area contributed by atoms with Gasteiger partial charge in [-0.25, -0.2) is 4.98 Å². The lowest BCUT2D eigenvalue weighted by Crippen LogP contribution is -2.09. The van der Waals surface area contributed by atoms with E-state index in [1.54, 1.807) is 12.5 Å². The Morgan fingerprint density at radius 1 is 1.33 bits per heavy atom. The zero-order chi connectivity index (χ0) is 15.0. The van der Waals surface area contributed by atoms with Crippen molar-refractivity contribution in [2.24, 2.45) is 0 Å². The highest BCUT2D eigenvalue weighted by Gasteiger charge is 2.31. The second-order valence-electron chi connectivity index (χ2n) is 5.07. The summed E-state index contributed by atoms with van der Waals surface area (Å²) >= 11 is 5.95. The molecule has 0 amide bonds. The second kappa shape index (κ2) is 5.26. The van der Waals surface area contributed by atoms with Crippen LogP contribution in [0.2, 0.25) is 5.02 Å². The summed E-state index contributed by atoms with van der Waals surface area (Å²) in [5.74, 6) is 0. The van der Waals surface area contributed by atoms with Crippen LogP contribution in [0, 0.1) is 0 Å². The zero-order valence-electron chi connectivity index (χ0n) is 11.0. The van der Waals surface area contributed by atoms with E-state index in [4.69, 9.17) is 11.6 Å². The molecule has 1 N–H and O–H groups in total. The third-order valence-corrected chi connectivity index (χ3v) is 3.77. The molecule has 1 aromatic heterocycles. The van der Waals surface area contributed by atoms with Gasteiger partial charge < -0.3 is 9.88 Å². The summed E-state index contributed by atoms with van der Waals surface area (Å²) in [5, 5.41) is 3.22. The lowest BCUT2D eigenvalue weighted by Gasteiger charge is -2.13. The molecule has 21 heavy (non-hydrogen) atoms. The first kappa shape index (κ1) is 14.3. The summed E-state index contributed by atoms with van der Waals surface area (Å²) in [7, 11) is 0. The van der Waals surface area contributed by atoms with Crippen molar-refractivity contribution in [2.75, 3.05) is 5.32 Å². The molecule has 3 nitrogen and oxygen atoms in total. The predicted molar refractivity (Wildman–Crippen MR) is 74.3 cm³/mol. The minimum absolute atomic E-state index is 0.264. The van der Waals surface area contributed by atoms with Crippen molar-refractivity contribution >= 4 is 17.3 Å². The van der Waals surface area contributed by atoms with E-state index >= 15 is 0 Å². The lowest BCUT2D eigenvalue weighted by atomic mass is 10.2. The van der Waals surface area contributed by atoms with Crippen molar-refractivity contribution < 1.29 is 13.2 Å². The number of imidazole rings is 1. The highest BCUT2D eigenvalue weighted by Crippen LogP contribution is 2.36. The number of hydrogen-bond acceptors (Lipinski definition) is 2. The topological polar surface area (TPSA) is 29.9 Å². The van der Waals surface area contributed by atoms with E-state index < -0.39 is 11.7 Å². The van der Waals surface area contributed by atoms with E-state index in [-0.39, 0.29) is 10.7 Å². The van der Waals surface area contributed by atoms with Gasteiger partial charge in [0.1, 0.15) is 0 Å². The number of nitrogens with zero attached hydrogens (tertiary/aromatic N) is 2. The van der Waals surface area contributed by atoms with Gasteiger partial charge in [0.05, 0.1) is 34.8 Å². The van der Waals surface area contributed by atoms with Crippen molar-refractivity contribution in [3.8, 4) is 0 Å². The van der Waals surface area contributed by atoms with Crippen LogP contribution in [-0.2, 0) is 12.7 Å². The molecule has 1 fully saturated rings. The number of benzene rings is 1. The first-order valence-electron chi connectivity index (χ1n) is 6.56. The Morgan fingerprint density at radius 3 is 2.76 bits per heavy atom. The number of halogens is 4. The largest absolute Gasteiger partial charge is 0.416 e. The molecule has 1 saturated carbocycles. The highest BCUT2D eigenvalue weighted by atomic mass is 35.5. The number of nitrogens with one attached hydrogen (secondary N) is 1. The molecular weight excluding hydrogens is 303 g/mol. The Balaban J connectivity index is 1.76. The summed E-state index contributed by atoms with van der Waals surface area (Å²) in [6.45, 7) is 0.386. The number of aromatic nitrogens is 2. The summed E-state index contributed by atoms with van der Waals surface area (Å²) in [6, 6.07) is 3.73. The molecule has 0 atom stereocenters. The Morgan fingerprint density at radius 2 is 2.10 bits per heavy atom. The minimum atomic E-state index is -4.38. The van der Waals surface area contributed by atoms with Gasteiger partial charge in [-0.1, -0.05) is 11.6 Å². The molecule has 1 heterocycles. The molecule has 2 aromatic rings. The molecule has 0 unspecified atom stereocenters. The smallest absolute Gasteiger partial charge is 0.378 e. The van der Waals surface area contributed by atoms with E-state index in [2.05, 4.69) is 14.9 Å². The molecule has 1 aromatic carbocycles. The van der Waals surface area contributed by atoms with E-state index in [0.29, 0.717) is 12.6 Å². The van der Waals surface area contributed by atoms with Crippen LogP contribution in [-0.4, -0.2) is 9.55 Å². The fourth-order valence-electron chi connectivity index (χ4n) is 2.17. The van der Waals surface area contributed by atoms with Crippen LogP contribution in [0.4, 0.5) is 18.9 Å². The van der Waals surface area contributed by atoms with Gasteiger partial charge in [0.15, 0.2) is 0 Å². The molecule has 0 spiro atoms. The van der Waals surface area contributed by atoms with Crippen LogP contribution in [0.15, 0.2) is 30.7 Å². The van der Waals surface area contributed by atoms with Gasteiger partial charge in [0.25, 0.3) is 0 Å². The summed E-state index contributed by atoms with van der Waals surface area (Å²) in [6.07, 6.45) is 1.33. The maximum Gasteiger partial charge on any atom is 0.416 e. The summed E-state index contributed by atoms with van der Waals surface area (Å²) in [5.41, 5.74) is 0.492. The van der Waals surface area contributed by atoms with Gasteiger partial charge in [-0.05, 0) is 31.0 Å². The Labute approximate surface area is 124 Å². The fourth-order valence-corrected chi connectivity index (χ4v) is 2.36. The average molecular weight is 316 g/mol. The molecule has 1 aliphatic rings. The normalized spacial score (nSPS) is 15.2. The SMILES string of the molecule is FC(F)(F)c1ccc(Cl)c(NCc2cncn2C2CC2)c1. The monoisotopic (exact) mass is 315 g/mol. The van der Waals surface area contributed by atoms with Crippen LogP contribution in [0.1, 0.15) is 30.1 Å². The Bertz CT molecular complexity index is 647. The number of alkyl halides is 3. The van der Waals surface area contributed by atoms with Gasteiger partial charge in [-0.3, -0.25) is 0 Å². The quantitative estimate of drug-likeness (QED) is 0.900. The standard InChI is InChI=1S/C14H13ClF3N3/c15-12-4-1-9(14(16,17)18)5-13(12)20-7-11-6-19-8-21(11)10-2-3-10/h1,4-6,8,10,20H,2-3,7H2. The zero-order valence-corrected chi connectivity index (χ0v) is 11.7. The number of rotatable bonds is 4. The van der Waals surface area contributed by atoms with Crippen molar-refractivity contribution in [3.63, 3.8) is 0 Å². The number of anilines is 1. The minimum Gasteiger partial charge on any atom is -0.378 e. The molecule has 7 heteroatoms. The molecule has 112 valence electrons. The van der Waals surface area contributed by atoms with Crippen molar-refractivity contribution in [3.05, 3.63) is 47.0 Å². The maximum atomic E-state index is 12.7. The van der Waals surface area contributed by atoms with E-state index in [1.807, 2.05) is 0 Å².